The van der Waals surface area contributed by atoms with Gasteiger partial charge in [0, 0.05) is 16.7 Å². The van der Waals surface area contributed by atoms with Gasteiger partial charge in [-0.2, -0.15) is 0 Å². The molecule has 0 saturated carbocycles. The molecular weight excluding hydrogens is 227 g/mol. The Hall–Kier alpha value is 0.850. The molecule has 0 bridgehead atoms. The fraction of sp³-hybridized carbons (Fsp3) is 1.00. The van der Waals surface area contributed by atoms with Crippen LogP contribution in [0.4, 0.5) is 0 Å². The molecule has 13 heavy (non-hydrogen) atoms. The Kier molecular flexibility index (Phi) is 3.47. The summed E-state index contributed by atoms with van der Waals surface area (Å²) in [5, 5.41) is 0.264. The molecule has 1 aliphatic rings. The van der Waals surface area contributed by atoms with Gasteiger partial charge in [-0.3, -0.25) is 4.57 Å². The standard InChI is InChI=1S/C7H15O3PS2/c1-5-6(10-11(4,8)9)7(2,3)13-12-5/h5-6H,1-4H3,(H,8,9)/t5-,6+/m0/s1. The molecule has 0 spiro atoms. The van der Waals surface area contributed by atoms with Crippen molar-refractivity contribution in [1.29, 1.82) is 0 Å². The summed E-state index contributed by atoms with van der Waals surface area (Å²) in [5.41, 5.74) is 0. The predicted molar refractivity (Wildman–Crippen MR) is 59.3 cm³/mol. The van der Waals surface area contributed by atoms with E-state index in [2.05, 4.69) is 0 Å². The Morgan fingerprint density at radius 3 is 2.38 bits per heavy atom. The molecule has 1 fully saturated rings. The van der Waals surface area contributed by atoms with E-state index in [1.54, 1.807) is 21.6 Å². The van der Waals surface area contributed by atoms with Crippen molar-refractivity contribution in [1.82, 2.24) is 0 Å². The molecular formula is C7H15O3PS2. The molecule has 0 radical (unpaired) electrons. The lowest BCUT2D eigenvalue weighted by Gasteiger charge is -2.27. The van der Waals surface area contributed by atoms with Gasteiger partial charge in [0.15, 0.2) is 0 Å². The molecule has 6 heteroatoms. The summed E-state index contributed by atoms with van der Waals surface area (Å²) in [5.74, 6) is 0. The highest BCUT2D eigenvalue weighted by atomic mass is 33.1. The molecule has 1 N–H and O–H groups in total. The zero-order valence-corrected chi connectivity index (χ0v) is 10.7. The average Bonchev–Trinajstić information content (AvgIpc) is 2.13. The second-order valence-electron chi connectivity index (χ2n) is 3.82. The molecule has 0 aliphatic carbocycles. The summed E-state index contributed by atoms with van der Waals surface area (Å²) in [6.07, 6.45) is -0.150. The van der Waals surface area contributed by atoms with E-state index < -0.39 is 7.60 Å². The van der Waals surface area contributed by atoms with Gasteiger partial charge in [0.05, 0.1) is 6.10 Å². The lowest BCUT2D eigenvalue weighted by atomic mass is 10.0. The second-order valence-corrected chi connectivity index (χ2v) is 8.87. The SMILES string of the molecule is C[C@@H]1SSC(C)(C)[C@@H]1OP(C)(=O)O. The van der Waals surface area contributed by atoms with Crippen LogP contribution in [0.1, 0.15) is 20.8 Å². The van der Waals surface area contributed by atoms with E-state index in [-0.39, 0.29) is 16.1 Å². The highest BCUT2D eigenvalue weighted by Crippen LogP contribution is 2.56. The Labute approximate surface area is 86.9 Å². The molecule has 3 atom stereocenters. The van der Waals surface area contributed by atoms with Crippen molar-refractivity contribution >= 4 is 29.2 Å². The number of hydrogen-bond donors (Lipinski definition) is 1. The van der Waals surface area contributed by atoms with E-state index in [0.29, 0.717) is 0 Å². The Balaban J connectivity index is 2.72. The molecule has 0 aromatic carbocycles. The van der Waals surface area contributed by atoms with E-state index in [1.807, 2.05) is 20.8 Å². The van der Waals surface area contributed by atoms with Crippen molar-refractivity contribution in [3.63, 3.8) is 0 Å². The van der Waals surface area contributed by atoms with Crippen LogP contribution in [0, 0.1) is 0 Å². The highest BCUT2D eigenvalue weighted by Gasteiger charge is 2.44. The molecule has 3 nitrogen and oxygen atoms in total. The second kappa shape index (κ2) is 3.78. The first kappa shape index (κ1) is 11.9. The maximum Gasteiger partial charge on any atom is 0.325 e. The first-order chi connectivity index (χ1) is 5.72. The zero-order chi connectivity index (χ0) is 10.3. The predicted octanol–water partition coefficient (Wildman–Crippen LogP) is 2.75. The Morgan fingerprint density at radius 2 is 2.08 bits per heavy atom. The first-order valence-electron chi connectivity index (χ1n) is 4.05. The van der Waals surface area contributed by atoms with Crippen LogP contribution in [0.15, 0.2) is 0 Å². The fourth-order valence-electron chi connectivity index (χ4n) is 1.29. The molecule has 78 valence electrons. The summed E-state index contributed by atoms with van der Waals surface area (Å²) in [4.78, 5) is 9.14. The van der Waals surface area contributed by atoms with Crippen LogP contribution in [0.25, 0.3) is 0 Å². The molecule has 1 saturated heterocycles. The third-order valence-corrected chi connectivity index (χ3v) is 6.25. The number of hydrogen-bond acceptors (Lipinski definition) is 4. The topological polar surface area (TPSA) is 46.5 Å². The monoisotopic (exact) mass is 242 g/mol. The average molecular weight is 242 g/mol. The van der Waals surface area contributed by atoms with Gasteiger partial charge >= 0.3 is 7.60 Å². The van der Waals surface area contributed by atoms with Gasteiger partial charge in [-0.05, 0) is 20.8 Å². The lowest BCUT2D eigenvalue weighted by Crippen LogP contribution is -2.35. The van der Waals surface area contributed by atoms with E-state index in [4.69, 9.17) is 9.42 Å². The third-order valence-electron chi connectivity index (χ3n) is 1.84. The maximum atomic E-state index is 11.1. The van der Waals surface area contributed by atoms with Crippen LogP contribution in [0.3, 0.4) is 0 Å². The third kappa shape index (κ3) is 3.17. The van der Waals surface area contributed by atoms with Crippen LogP contribution in [0.2, 0.25) is 0 Å². The lowest BCUT2D eigenvalue weighted by molar-refractivity contribution is 0.152. The smallest absolute Gasteiger partial charge is 0.324 e. The Morgan fingerprint density at radius 1 is 1.54 bits per heavy atom. The minimum absolute atomic E-state index is 0.0848. The fourth-order valence-corrected chi connectivity index (χ4v) is 5.42. The molecule has 1 rings (SSSR count). The van der Waals surface area contributed by atoms with Gasteiger partial charge in [0.25, 0.3) is 0 Å². The molecule has 1 aliphatic heterocycles. The molecule has 0 aromatic rings. The maximum absolute atomic E-state index is 11.1. The Bertz CT molecular complexity index is 238. The van der Waals surface area contributed by atoms with E-state index >= 15 is 0 Å². The van der Waals surface area contributed by atoms with E-state index in [9.17, 15) is 4.57 Å². The van der Waals surface area contributed by atoms with E-state index in [0.717, 1.165) is 0 Å². The summed E-state index contributed by atoms with van der Waals surface area (Å²) < 4.78 is 16.2. The van der Waals surface area contributed by atoms with Gasteiger partial charge in [0.1, 0.15) is 0 Å². The minimum Gasteiger partial charge on any atom is -0.324 e. The van der Waals surface area contributed by atoms with E-state index in [1.165, 1.54) is 6.66 Å². The van der Waals surface area contributed by atoms with Crippen LogP contribution in [0.5, 0.6) is 0 Å². The van der Waals surface area contributed by atoms with Crippen LogP contribution in [-0.4, -0.2) is 27.7 Å². The van der Waals surface area contributed by atoms with Crippen LogP contribution in [-0.2, 0) is 9.09 Å². The van der Waals surface area contributed by atoms with Gasteiger partial charge in [-0.15, -0.1) is 0 Å². The van der Waals surface area contributed by atoms with Crippen molar-refractivity contribution in [3.05, 3.63) is 0 Å². The van der Waals surface area contributed by atoms with Crippen molar-refractivity contribution < 1.29 is 14.0 Å². The van der Waals surface area contributed by atoms with Gasteiger partial charge in [-0.1, -0.05) is 21.6 Å². The van der Waals surface area contributed by atoms with Gasteiger partial charge in [-0.25, -0.2) is 0 Å². The van der Waals surface area contributed by atoms with Crippen molar-refractivity contribution in [2.75, 3.05) is 6.66 Å². The zero-order valence-electron chi connectivity index (χ0n) is 8.18. The summed E-state index contributed by atoms with van der Waals surface area (Å²) in [6.45, 7) is 7.33. The minimum atomic E-state index is -3.36. The molecule has 1 heterocycles. The largest absolute Gasteiger partial charge is 0.325 e. The van der Waals surface area contributed by atoms with Crippen molar-refractivity contribution in [2.45, 2.75) is 36.9 Å². The summed E-state index contributed by atoms with van der Waals surface area (Å²) in [7, 11) is 0.0694. The molecule has 0 aromatic heterocycles. The first-order valence-corrected chi connectivity index (χ1v) is 8.29. The number of rotatable bonds is 2. The molecule has 0 amide bonds. The van der Waals surface area contributed by atoms with Crippen LogP contribution < -0.4 is 0 Å². The van der Waals surface area contributed by atoms with Crippen LogP contribution >= 0.6 is 29.2 Å². The summed E-state index contributed by atoms with van der Waals surface area (Å²) in [6, 6.07) is 0. The van der Waals surface area contributed by atoms with Crippen molar-refractivity contribution in [2.24, 2.45) is 0 Å². The highest BCUT2D eigenvalue weighted by molar-refractivity contribution is 8.77. The van der Waals surface area contributed by atoms with Crippen molar-refractivity contribution in [3.8, 4) is 0 Å². The van der Waals surface area contributed by atoms with Gasteiger partial charge < -0.3 is 9.42 Å². The van der Waals surface area contributed by atoms with Gasteiger partial charge in [0.2, 0.25) is 0 Å². The summed E-state index contributed by atoms with van der Waals surface area (Å²) >= 11 is 0. The normalized spacial score (nSPS) is 37.3. The quantitative estimate of drug-likeness (QED) is 0.596. The molecule has 1 unspecified atom stereocenters.